The number of nitrogens with one attached hydrogen (secondary N) is 1. The van der Waals surface area contributed by atoms with Crippen LogP contribution in [0, 0.1) is 12.3 Å². The summed E-state index contributed by atoms with van der Waals surface area (Å²) in [6.07, 6.45) is 5.70. The third-order valence-electron chi connectivity index (χ3n) is 4.97. The van der Waals surface area contributed by atoms with Gasteiger partial charge in [0.1, 0.15) is 6.04 Å². The van der Waals surface area contributed by atoms with Crippen molar-refractivity contribution in [2.45, 2.75) is 25.4 Å². The number of halogens is 2. The average Bonchev–Trinajstić information content (AvgIpc) is 3.25. The van der Waals surface area contributed by atoms with Gasteiger partial charge in [0, 0.05) is 21.5 Å². The van der Waals surface area contributed by atoms with Crippen molar-refractivity contribution in [2.24, 2.45) is 0 Å². The topological polar surface area (TPSA) is 69.7 Å². The number of piperazine rings is 1. The monoisotopic (exact) mass is 477 g/mol. The first-order chi connectivity index (χ1) is 14.9. The number of amides is 3. The highest BCUT2D eigenvalue weighted by Crippen LogP contribution is 2.23. The lowest BCUT2D eigenvalue weighted by atomic mass is 10.0. The van der Waals surface area contributed by atoms with Crippen LogP contribution in [-0.4, -0.2) is 53.2 Å². The summed E-state index contributed by atoms with van der Waals surface area (Å²) in [7, 11) is 0. The van der Waals surface area contributed by atoms with Crippen LogP contribution < -0.4 is 5.32 Å². The van der Waals surface area contributed by atoms with E-state index in [4.69, 9.17) is 29.6 Å². The Hall–Kier alpha value is -2.53. The molecule has 6 nitrogen and oxygen atoms in total. The summed E-state index contributed by atoms with van der Waals surface area (Å²) in [6, 6.07) is 8.03. The largest absolute Gasteiger partial charge is 0.351 e. The Balaban J connectivity index is 1.67. The van der Waals surface area contributed by atoms with E-state index in [1.54, 1.807) is 18.2 Å². The van der Waals surface area contributed by atoms with Gasteiger partial charge < -0.3 is 15.1 Å². The highest BCUT2D eigenvalue weighted by atomic mass is 35.5. The fourth-order valence-corrected chi connectivity index (χ4v) is 4.51. The summed E-state index contributed by atoms with van der Waals surface area (Å²) in [5.74, 6) is 1.51. The number of carbonyl (C=O) groups excluding carboxylic acids is 3. The zero-order valence-electron chi connectivity index (χ0n) is 16.6. The number of carbonyl (C=O) groups is 3. The van der Waals surface area contributed by atoms with Gasteiger partial charge in [-0.2, -0.15) is 0 Å². The number of thiophene rings is 1. The molecule has 1 saturated heterocycles. The average molecular weight is 478 g/mol. The molecule has 0 aliphatic carbocycles. The second-order valence-electron chi connectivity index (χ2n) is 7.05. The molecule has 2 aromatic rings. The molecule has 9 heteroatoms. The Morgan fingerprint density at radius 3 is 2.77 bits per heavy atom. The van der Waals surface area contributed by atoms with Gasteiger partial charge in [0.15, 0.2) is 0 Å². The van der Waals surface area contributed by atoms with Gasteiger partial charge in [-0.3, -0.25) is 14.4 Å². The first-order valence-corrected chi connectivity index (χ1v) is 11.3. The molecule has 1 aromatic heterocycles. The lowest BCUT2D eigenvalue weighted by Crippen LogP contribution is -2.61. The van der Waals surface area contributed by atoms with Gasteiger partial charge >= 0.3 is 0 Å². The second kappa shape index (κ2) is 10.7. The molecule has 1 N–H and O–H groups in total. The minimum absolute atomic E-state index is 0.0235. The van der Waals surface area contributed by atoms with E-state index in [0.29, 0.717) is 29.6 Å². The molecule has 162 valence electrons. The van der Waals surface area contributed by atoms with Crippen molar-refractivity contribution in [1.82, 2.24) is 15.1 Å². The SMILES string of the molecule is C#CCN1C(=O)CN(CCc2ccc(Cl)cc2Cl)C(=O)C1CC(=O)NCc1cccs1. The summed E-state index contributed by atoms with van der Waals surface area (Å²) in [5.41, 5.74) is 0.822. The molecule has 3 amide bonds. The summed E-state index contributed by atoms with van der Waals surface area (Å²) in [5, 5.41) is 5.74. The minimum atomic E-state index is -0.929. The van der Waals surface area contributed by atoms with Crippen molar-refractivity contribution < 1.29 is 14.4 Å². The van der Waals surface area contributed by atoms with Crippen LogP contribution in [0.5, 0.6) is 0 Å². The van der Waals surface area contributed by atoms with Crippen molar-refractivity contribution in [1.29, 1.82) is 0 Å². The Morgan fingerprint density at radius 1 is 1.29 bits per heavy atom. The molecule has 31 heavy (non-hydrogen) atoms. The van der Waals surface area contributed by atoms with Crippen LogP contribution in [0.1, 0.15) is 16.9 Å². The van der Waals surface area contributed by atoms with Crippen LogP contribution in [-0.2, 0) is 27.3 Å². The minimum Gasteiger partial charge on any atom is -0.351 e. The summed E-state index contributed by atoms with van der Waals surface area (Å²) < 4.78 is 0. The smallest absolute Gasteiger partial charge is 0.246 e. The van der Waals surface area contributed by atoms with Gasteiger partial charge in [0.2, 0.25) is 17.7 Å². The molecule has 1 aromatic carbocycles. The van der Waals surface area contributed by atoms with E-state index >= 15 is 0 Å². The lowest BCUT2D eigenvalue weighted by Gasteiger charge is -2.39. The number of nitrogens with zero attached hydrogens (tertiary/aromatic N) is 2. The number of benzene rings is 1. The molecule has 1 aliphatic rings. The van der Waals surface area contributed by atoms with Gasteiger partial charge in [0.25, 0.3) is 0 Å². The maximum atomic E-state index is 13.1. The fraction of sp³-hybridized carbons (Fsp3) is 0.318. The van der Waals surface area contributed by atoms with Crippen LogP contribution in [0.4, 0.5) is 0 Å². The summed E-state index contributed by atoms with van der Waals surface area (Å²) in [4.78, 5) is 42.0. The third-order valence-corrected chi connectivity index (χ3v) is 6.43. The predicted octanol–water partition coefficient (Wildman–Crippen LogP) is 2.98. The Bertz CT molecular complexity index is 1000. The van der Waals surface area contributed by atoms with E-state index in [1.165, 1.54) is 21.1 Å². The van der Waals surface area contributed by atoms with E-state index in [2.05, 4.69) is 11.2 Å². The maximum absolute atomic E-state index is 13.1. The molecular weight excluding hydrogens is 457 g/mol. The van der Waals surface area contributed by atoms with Crippen molar-refractivity contribution in [2.75, 3.05) is 19.6 Å². The predicted molar refractivity (Wildman–Crippen MR) is 122 cm³/mol. The van der Waals surface area contributed by atoms with Crippen LogP contribution in [0.2, 0.25) is 10.0 Å². The molecule has 1 fully saturated rings. The zero-order chi connectivity index (χ0) is 22.4. The van der Waals surface area contributed by atoms with Crippen LogP contribution >= 0.6 is 34.5 Å². The Labute approximate surface area is 195 Å². The molecule has 1 atom stereocenters. The lowest BCUT2D eigenvalue weighted by molar-refractivity contribution is -0.156. The van der Waals surface area contributed by atoms with Gasteiger partial charge in [-0.15, -0.1) is 17.8 Å². The van der Waals surface area contributed by atoms with Crippen molar-refractivity contribution in [3.63, 3.8) is 0 Å². The van der Waals surface area contributed by atoms with Crippen LogP contribution in [0.25, 0.3) is 0 Å². The molecular formula is C22H21Cl2N3O3S. The molecule has 0 radical (unpaired) electrons. The molecule has 0 bridgehead atoms. The Kier molecular flexibility index (Phi) is 7.97. The van der Waals surface area contributed by atoms with Crippen molar-refractivity contribution in [3.8, 4) is 12.3 Å². The van der Waals surface area contributed by atoms with E-state index in [1.807, 2.05) is 17.5 Å². The zero-order valence-corrected chi connectivity index (χ0v) is 19.0. The summed E-state index contributed by atoms with van der Waals surface area (Å²) in [6.45, 7) is 0.561. The van der Waals surface area contributed by atoms with Crippen LogP contribution in [0.3, 0.4) is 0 Å². The molecule has 1 aliphatic heterocycles. The quantitative estimate of drug-likeness (QED) is 0.594. The van der Waals surface area contributed by atoms with Gasteiger partial charge in [-0.1, -0.05) is 41.3 Å². The van der Waals surface area contributed by atoms with E-state index in [0.717, 1.165) is 10.4 Å². The van der Waals surface area contributed by atoms with Crippen molar-refractivity contribution >= 4 is 52.3 Å². The van der Waals surface area contributed by atoms with Crippen LogP contribution in [0.15, 0.2) is 35.7 Å². The number of hydrogen-bond acceptors (Lipinski definition) is 4. The van der Waals surface area contributed by atoms with Gasteiger partial charge in [-0.25, -0.2) is 0 Å². The molecule has 2 heterocycles. The van der Waals surface area contributed by atoms with Gasteiger partial charge in [0.05, 0.1) is 26.1 Å². The normalized spacial score (nSPS) is 16.4. The third kappa shape index (κ3) is 6.01. The first-order valence-electron chi connectivity index (χ1n) is 9.63. The summed E-state index contributed by atoms with van der Waals surface area (Å²) >= 11 is 13.7. The second-order valence-corrected chi connectivity index (χ2v) is 8.92. The highest BCUT2D eigenvalue weighted by Gasteiger charge is 2.39. The maximum Gasteiger partial charge on any atom is 0.246 e. The molecule has 0 spiro atoms. The standard InChI is InChI=1S/C22H21Cl2N3O3S/c1-2-8-27-19(12-20(28)25-13-17-4-3-10-31-17)22(30)26(14-21(27)29)9-7-15-5-6-16(23)11-18(15)24/h1,3-6,10-11,19H,7-9,12-14H2,(H,25,28). The highest BCUT2D eigenvalue weighted by molar-refractivity contribution is 7.09. The van der Waals surface area contributed by atoms with Crippen molar-refractivity contribution in [3.05, 3.63) is 56.2 Å². The Morgan fingerprint density at radius 2 is 2.10 bits per heavy atom. The number of terminal acetylenes is 1. The first kappa shape index (κ1) is 23.1. The molecule has 0 saturated carbocycles. The molecule has 1 unspecified atom stereocenters. The fourth-order valence-electron chi connectivity index (χ4n) is 3.36. The van der Waals surface area contributed by atoms with Gasteiger partial charge in [-0.05, 0) is 35.6 Å². The number of rotatable bonds is 8. The number of hydrogen-bond donors (Lipinski definition) is 1. The van der Waals surface area contributed by atoms with E-state index in [-0.39, 0.29) is 37.2 Å². The van der Waals surface area contributed by atoms with E-state index in [9.17, 15) is 14.4 Å². The van der Waals surface area contributed by atoms with E-state index < -0.39 is 6.04 Å². The molecule has 3 rings (SSSR count).